The van der Waals surface area contributed by atoms with Gasteiger partial charge in [0.15, 0.2) is 8.32 Å². The maximum Gasteiger partial charge on any atom is 0.331 e. The number of carbonyl (C=O) groups is 2. The van der Waals surface area contributed by atoms with Gasteiger partial charge in [-0.2, -0.15) is 0 Å². The van der Waals surface area contributed by atoms with E-state index in [1.165, 1.54) is 0 Å². The lowest BCUT2D eigenvalue weighted by molar-refractivity contribution is -0.143. The van der Waals surface area contributed by atoms with E-state index in [-0.39, 0.29) is 11.8 Å². The van der Waals surface area contributed by atoms with Crippen LogP contribution in [0.5, 0.6) is 0 Å². The molecule has 0 fully saturated rings. The highest BCUT2D eigenvalue weighted by Gasteiger charge is 2.39. The first-order valence-corrected chi connectivity index (χ1v) is 14.1. The molecule has 1 atom stereocenters. The van der Waals surface area contributed by atoms with Gasteiger partial charge < -0.3 is 13.6 Å². The Hall–Kier alpha value is -0.926. The Kier molecular flexibility index (Phi) is 8.28. The minimum absolute atomic E-state index is 0.215. The molecule has 5 nitrogen and oxygen atoms in total. The lowest BCUT2D eigenvalue weighted by Gasteiger charge is -2.36. The highest BCUT2D eigenvalue weighted by molar-refractivity contribution is 6.84. The molecule has 0 aliphatic heterocycles. The van der Waals surface area contributed by atoms with Gasteiger partial charge in [-0.1, -0.05) is 6.92 Å². The van der Waals surface area contributed by atoms with Gasteiger partial charge in [-0.05, 0) is 53.0 Å². The zero-order chi connectivity index (χ0) is 17.6. The third-order valence-electron chi connectivity index (χ3n) is 2.68. The van der Waals surface area contributed by atoms with Crippen molar-refractivity contribution < 1.29 is 23.2 Å². The molecule has 7 heteroatoms. The monoisotopic (exact) mass is 346 g/mol. The lowest BCUT2D eigenvalue weighted by Crippen LogP contribution is -2.52. The molecular weight excluding hydrogens is 316 g/mol. The summed E-state index contributed by atoms with van der Waals surface area (Å²) in [6.07, 6.45) is 2.70. The van der Waals surface area contributed by atoms with Crippen LogP contribution in [-0.4, -0.2) is 40.4 Å². The number of hydrogen-bond acceptors (Lipinski definition) is 5. The predicted molar refractivity (Wildman–Crippen MR) is 92.5 cm³/mol. The Morgan fingerprint density at radius 3 is 1.77 bits per heavy atom. The maximum atomic E-state index is 11.9. The van der Waals surface area contributed by atoms with Crippen LogP contribution in [0.25, 0.3) is 0 Å². The third kappa shape index (κ3) is 9.16. The molecule has 0 saturated carbocycles. The lowest BCUT2D eigenvalue weighted by atomic mass is 10.4. The van der Waals surface area contributed by atoms with Crippen LogP contribution in [0.1, 0.15) is 27.2 Å². The Labute approximate surface area is 136 Å². The number of esters is 2. The summed E-state index contributed by atoms with van der Waals surface area (Å²) in [5.41, 5.74) is -0.238. The third-order valence-corrected chi connectivity index (χ3v) is 9.31. The van der Waals surface area contributed by atoms with Crippen molar-refractivity contribution in [1.29, 1.82) is 0 Å². The Balaban J connectivity index is 4.70. The molecule has 0 aromatic carbocycles. The minimum Gasteiger partial charge on any atom is -0.460 e. The largest absolute Gasteiger partial charge is 0.460 e. The van der Waals surface area contributed by atoms with E-state index in [1.54, 1.807) is 13.8 Å². The Morgan fingerprint density at radius 2 is 1.41 bits per heavy atom. The summed E-state index contributed by atoms with van der Waals surface area (Å²) < 4.78 is 16.7. The van der Waals surface area contributed by atoms with Gasteiger partial charge in [0.25, 0.3) is 0 Å². The van der Waals surface area contributed by atoms with Crippen molar-refractivity contribution in [2.75, 3.05) is 0 Å². The van der Waals surface area contributed by atoms with Crippen molar-refractivity contribution >= 4 is 28.6 Å². The number of hydrogen-bond donors (Lipinski definition) is 0. The van der Waals surface area contributed by atoms with Gasteiger partial charge in [-0.3, -0.25) is 0 Å². The van der Waals surface area contributed by atoms with Crippen LogP contribution in [0.2, 0.25) is 32.7 Å². The van der Waals surface area contributed by atoms with E-state index in [9.17, 15) is 9.59 Å². The van der Waals surface area contributed by atoms with Gasteiger partial charge in [0.05, 0.1) is 6.10 Å². The van der Waals surface area contributed by atoms with Crippen LogP contribution in [0, 0.1) is 0 Å². The van der Waals surface area contributed by atoms with E-state index in [1.807, 2.05) is 6.92 Å². The molecule has 1 unspecified atom stereocenters. The highest BCUT2D eigenvalue weighted by atomic mass is 28.4. The van der Waals surface area contributed by atoms with Crippen LogP contribution >= 0.6 is 0 Å². The highest BCUT2D eigenvalue weighted by Crippen LogP contribution is 2.22. The van der Waals surface area contributed by atoms with Crippen molar-refractivity contribution in [2.24, 2.45) is 0 Å². The van der Waals surface area contributed by atoms with E-state index in [2.05, 4.69) is 32.7 Å². The van der Waals surface area contributed by atoms with Crippen LogP contribution < -0.4 is 0 Å². The summed E-state index contributed by atoms with van der Waals surface area (Å²) in [5.74, 6) is -1.08. The normalized spacial score (nSPS) is 14.2. The molecule has 0 rings (SSSR count). The molecule has 0 radical (unpaired) electrons. The van der Waals surface area contributed by atoms with Crippen molar-refractivity contribution in [3.8, 4) is 0 Å². The first-order chi connectivity index (χ1) is 9.87. The van der Waals surface area contributed by atoms with Crippen molar-refractivity contribution in [1.82, 2.24) is 0 Å². The number of ether oxygens (including phenoxy) is 2. The average molecular weight is 347 g/mol. The molecule has 0 heterocycles. The van der Waals surface area contributed by atoms with E-state index in [0.717, 1.165) is 12.2 Å². The number of rotatable bonds is 8. The fourth-order valence-corrected chi connectivity index (χ4v) is 10.4. The molecule has 0 aliphatic rings. The van der Waals surface area contributed by atoms with Gasteiger partial charge in [-0.25, -0.2) is 9.59 Å². The van der Waals surface area contributed by atoms with Crippen molar-refractivity contribution in [3.63, 3.8) is 0 Å². The molecule has 128 valence electrons. The van der Waals surface area contributed by atoms with Crippen molar-refractivity contribution in [3.05, 3.63) is 12.2 Å². The first kappa shape index (κ1) is 21.1. The summed E-state index contributed by atoms with van der Waals surface area (Å²) in [7, 11) is -3.84. The quantitative estimate of drug-likeness (QED) is 0.383. The topological polar surface area (TPSA) is 61.8 Å². The van der Waals surface area contributed by atoms with Crippen LogP contribution in [-0.2, 0) is 23.2 Å². The van der Waals surface area contributed by atoms with E-state index < -0.39 is 28.6 Å². The summed E-state index contributed by atoms with van der Waals surface area (Å²) in [6, 6.07) is 0. The Morgan fingerprint density at radius 1 is 0.955 bits per heavy atom. The maximum absolute atomic E-state index is 11.9. The van der Waals surface area contributed by atoms with Gasteiger partial charge >= 0.3 is 11.9 Å². The molecule has 0 aliphatic carbocycles. The molecule has 22 heavy (non-hydrogen) atoms. The molecule has 0 spiro atoms. The molecule has 0 aromatic heterocycles. The smallest absolute Gasteiger partial charge is 0.331 e. The van der Waals surface area contributed by atoms with Crippen LogP contribution in [0.3, 0.4) is 0 Å². The molecule has 0 saturated heterocycles. The second-order valence-corrected chi connectivity index (χ2v) is 15.9. The second kappa shape index (κ2) is 8.64. The van der Waals surface area contributed by atoms with Crippen molar-refractivity contribution in [2.45, 2.75) is 71.8 Å². The second-order valence-electron chi connectivity index (χ2n) is 6.97. The molecule has 0 aromatic rings. The fraction of sp³-hybridized carbons (Fsp3) is 0.733. The standard InChI is InChI=1S/C15H30O5Si2/c1-9-15(22(7,8)20-21(4,5)6)19-14(17)11-10-13(16)18-12(2)3/h10-12,15H,9H2,1-8H3/b11-10+. The van der Waals surface area contributed by atoms with Gasteiger partial charge in [0.2, 0.25) is 8.32 Å². The van der Waals surface area contributed by atoms with E-state index in [0.29, 0.717) is 6.42 Å². The summed E-state index contributed by atoms with van der Waals surface area (Å²) >= 11 is 0. The van der Waals surface area contributed by atoms with Gasteiger partial charge in [0, 0.05) is 12.2 Å². The zero-order valence-electron chi connectivity index (χ0n) is 15.1. The SMILES string of the molecule is CCC(OC(=O)/C=C/C(=O)OC(C)C)[Si](C)(C)O[Si](C)(C)C. The Bertz CT molecular complexity index is 411. The van der Waals surface area contributed by atoms with Gasteiger partial charge in [0.1, 0.15) is 5.73 Å². The summed E-state index contributed by atoms with van der Waals surface area (Å²) in [6.45, 7) is 16.0. The summed E-state index contributed by atoms with van der Waals surface area (Å²) in [5, 5.41) is 0. The molecular formula is C15H30O5Si2. The average Bonchev–Trinajstić information content (AvgIpc) is 2.29. The van der Waals surface area contributed by atoms with E-state index in [4.69, 9.17) is 13.6 Å². The molecule has 0 bridgehead atoms. The summed E-state index contributed by atoms with van der Waals surface area (Å²) in [4.78, 5) is 23.2. The van der Waals surface area contributed by atoms with Crippen LogP contribution in [0.4, 0.5) is 0 Å². The predicted octanol–water partition coefficient (Wildman–Crippen LogP) is 3.41. The molecule has 0 N–H and O–H groups in total. The van der Waals surface area contributed by atoms with Gasteiger partial charge in [-0.15, -0.1) is 0 Å². The van der Waals surface area contributed by atoms with Crippen LogP contribution in [0.15, 0.2) is 12.2 Å². The van der Waals surface area contributed by atoms with E-state index >= 15 is 0 Å². The first-order valence-electron chi connectivity index (χ1n) is 7.67. The minimum atomic E-state index is -2.14. The zero-order valence-corrected chi connectivity index (χ0v) is 17.1. The number of carbonyl (C=O) groups excluding carboxylic acids is 2. The fourth-order valence-electron chi connectivity index (χ4n) is 2.16. The molecule has 0 amide bonds.